The third-order valence-corrected chi connectivity index (χ3v) is 3.45. The highest BCUT2D eigenvalue weighted by Gasteiger charge is 2.10. The summed E-state index contributed by atoms with van der Waals surface area (Å²) in [6.45, 7) is 7.23. The molecule has 0 radical (unpaired) electrons. The zero-order chi connectivity index (χ0) is 15.5. The summed E-state index contributed by atoms with van der Waals surface area (Å²) < 4.78 is 13.3. The number of imidazole rings is 1. The minimum Gasteiger partial charge on any atom is -0.490 e. The van der Waals surface area contributed by atoms with Crippen molar-refractivity contribution in [3.05, 3.63) is 48.3 Å². The lowest BCUT2D eigenvalue weighted by atomic mass is 10.1. The van der Waals surface area contributed by atoms with Crippen LogP contribution in [0.5, 0.6) is 11.5 Å². The number of nitrogens with zero attached hydrogens (tertiary/aromatic N) is 2. The van der Waals surface area contributed by atoms with E-state index in [2.05, 4.69) is 24.0 Å². The van der Waals surface area contributed by atoms with Crippen LogP contribution in [0.15, 0.2) is 42.7 Å². The van der Waals surface area contributed by atoms with Crippen molar-refractivity contribution in [1.29, 1.82) is 0 Å². The predicted molar refractivity (Wildman–Crippen MR) is 87.7 cm³/mol. The zero-order valence-corrected chi connectivity index (χ0v) is 13.2. The summed E-state index contributed by atoms with van der Waals surface area (Å²) in [6.07, 6.45) is 4.05. The molecular weight excluding hydrogens is 276 g/mol. The summed E-state index contributed by atoms with van der Waals surface area (Å²) in [5, 5.41) is 0. The molecule has 0 fully saturated rings. The fourth-order valence-corrected chi connectivity index (χ4v) is 2.43. The number of pyridine rings is 1. The number of aryl methyl sites for hydroxylation is 1. The van der Waals surface area contributed by atoms with Gasteiger partial charge in [0.2, 0.25) is 0 Å². The van der Waals surface area contributed by atoms with E-state index < -0.39 is 0 Å². The topological polar surface area (TPSA) is 35.8 Å². The van der Waals surface area contributed by atoms with Crippen LogP contribution in [-0.4, -0.2) is 22.6 Å². The Morgan fingerprint density at radius 1 is 1.00 bits per heavy atom. The SMILES string of the molecule is CCOc1ccc(-c2cn3ccc(C)cc3n2)cc1OCC. The maximum absolute atomic E-state index is 5.69. The number of aromatic nitrogens is 2. The summed E-state index contributed by atoms with van der Waals surface area (Å²) in [6, 6.07) is 10.1. The molecule has 0 saturated carbocycles. The van der Waals surface area contributed by atoms with E-state index in [4.69, 9.17) is 9.47 Å². The Kier molecular flexibility index (Phi) is 4.00. The summed E-state index contributed by atoms with van der Waals surface area (Å²) in [5.41, 5.74) is 4.09. The van der Waals surface area contributed by atoms with Crippen LogP contribution < -0.4 is 9.47 Å². The van der Waals surface area contributed by atoms with Crippen molar-refractivity contribution in [3.63, 3.8) is 0 Å². The molecule has 0 spiro atoms. The highest BCUT2D eigenvalue weighted by atomic mass is 16.5. The largest absolute Gasteiger partial charge is 0.490 e. The highest BCUT2D eigenvalue weighted by Crippen LogP contribution is 2.32. The standard InChI is InChI=1S/C18H20N2O2/c1-4-21-16-7-6-14(11-17(16)22-5-2)15-12-20-9-8-13(3)10-18(20)19-15/h6-12H,4-5H2,1-3H3. The van der Waals surface area contributed by atoms with Gasteiger partial charge in [0.1, 0.15) is 5.65 Å². The second-order valence-corrected chi connectivity index (χ2v) is 5.12. The zero-order valence-electron chi connectivity index (χ0n) is 13.2. The summed E-state index contributed by atoms with van der Waals surface area (Å²) in [4.78, 5) is 4.69. The summed E-state index contributed by atoms with van der Waals surface area (Å²) in [7, 11) is 0. The Labute approximate surface area is 130 Å². The Hall–Kier alpha value is -2.49. The van der Waals surface area contributed by atoms with Crippen LogP contribution in [0.3, 0.4) is 0 Å². The Morgan fingerprint density at radius 3 is 2.55 bits per heavy atom. The van der Waals surface area contributed by atoms with E-state index in [0.29, 0.717) is 13.2 Å². The molecule has 0 atom stereocenters. The number of hydrogen-bond acceptors (Lipinski definition) is 3. The maximum Gasteiger partial charge on any atom is 0.161 e. The van der Waals surface area contributed by atoms with Gasteiger partial charge in [0.25, 0.3) is 0 Å². The highest BCUT2D eigenvalue weighted by molar-refractivity contribution is 5.66. The first-order chi connectivity index (χ1) is 10.7. The first-order valence-electron chi connectivity index (χ1n) is 7.56. The van der Waals surface area contributed by atoms with Crippen LogP contribution in [0.2, 0.25) is 0 Å². The molecule has 4 nitrogen and oxygen atoms in total. The molecule has 1 aromatic carbocycles. The van der Waals surface area contributed by atoms with Crippen LogP contribution in [-0.2, 0) is 0 Å². The smallest absolute Gasteiger partial charge is 0.161 e. The normalized spacial score (nSPS) is 10.9. The molecule has 4 heteroatoms. The second kappa shape index (κ2) is 6.10. The first kappa shape index (κ1) is 14.4. The van der Waals surface area contributed by atoms with Gasteiger partial charge in [0.15, 0.2) is 11.5 Å². The predicted octanol–water partition coefficient (Wildman–Crippen LogP) is 4.11. The van der Waals surface area contributed by atoms with Gasteiger partial charge in [-0.2, -0.15) is 0 Å². The lowest BCUT2D eigenvalue weighted by molar-refractivity contribution is 0.288. The van der Waals surface area contributed by atoms with Crippen molar-refractivity contribution < 1.29 is 9.47 Å². The molecule has 0 bridgehead atoms. The summed E-state index contributed by atoms with van der Waals surface area (Å²) >= 11 is 0. The van der Waals surface area contributed by atoms with Crippen molar-refractivity contribution in [3.8, 4) is 22.8 Å². The van der Waals surface area contributed by atoms with Gasteiger partial charge >= 0.3 is 0 Å². The van der Waals surface area contributed by atoms with Crippen molar-refractivity contribution >= 4 is 5.65 Å². The van der Waals surface area contributed by atoms with E-state index in [-0.39, 0.29) is 0 Å². The number of fused-ring (bicyclic) bond motifs is 1. The maximum atomic E-state index is 5.69. The van der Waals surface area contributed by atoms with Crippen molar-refractivity contribution in [1.82, 2.24) is 9.38 Å². The second-order valence-electron chi connectivity index (χ2n) is 5.12. The molecule has 3 aromatic rings. The number of rotatable bonds is 5. The van der Waals surface area contributed by atoms with Gasteiger partial charge in [-0.15, -0.1) is 0 Å². The van der Waals surface area contributed by atoms with Gasteiger partial charge < -0.3 is 13.9 Å². The van der Waals surface area contributed by atoms with Gasteiger partial charge in [-0.3, -0.25) is 0 Å². The number of ether oxygens (including phenoxy) is 2. The van der Waals surface area contributed by atoms with E-state index in [1.54, 1.807) is 0 Å². The average Bonchev–Trinajstić information content (AvgIpc) is 2.92. The monoisotopic (exact) mass is 296 g/mol. The third-order valence-electron chi connectivity index (χ3n) is 3.45. The fourth-order valence-electron chi connectivity index (χ4n) is 2.43. The molecule has 0 saturated heterocycles. The number of benzene rings is 1. The van der Waals surface area contributed by atoms with Crippen LogP contribution >= 0.6 is 0 Å². The molecule has 0 unspecified atom stereocenters. The average molecular weight is 296 g/mol. The molecule has 2 heterocycles. The van der Waals surface area contributed by atoms with Gasteiger partial charge in [-0.1, -0.05) is 0 Å². The summed E-state index contributed by atoms with van der Waals surface area (Å²) in [5.74, 6) is 1.53. The van der Waals surface area contributed by atoms with Gasteiger partial charge in [0, 0.05) is 18.0 Å². The Balaban J connectivity index is 2.03. The van der Waals surface area contributed by atoms with Gasteiger partial charge in [-0.05, 0) is 56.7 Å². The minimum atomic E-state index is 0.605. The first-order valence-corrected chi connectivity index (χ1v) is 7.56. The lowest BCUT2D eigenvalue weighted by Crippen LogP contribution is -1.98. The van der Waals surface area contributed by atoms with Crippen molar-refractivity contribution in [2.75, 3.05) is 13.2 Å². The lowest BCUT2D eigenvalue weighted by Gasteiger charge is -2.11. The molecule has 22 heavy (non-hydrogen) atoms. The quantitative estimate of drug-likeness (QED) is 0.711. The molecule has 0 N–H and O–H groups in total. The van der Waals surface area contributed by atoms with Crippen LogP contribution in [0, 0.1) is 6.92 Å². The number of hydrogen-bond donors (Lipinski definition) is 0. The molecule has 3 rings (SSSR count). The van der Waals surface area contributed by atoms with Crippen LogP contribution in [0.25, 0.3) is 16.9 Å². The van der Waals surface area contributed by atoms with E-state index in [1.807, 2.05) is 48.8 Å². The van der Waals surface area contributed by atoms with Crippen LogP contribution in [0.4, 0.5) is 0 Å². The fraction of sp³-hybridized carbons (Fsp3) is 0.278. The molecule has 0 amide bonds. The Morgan fingerprint density at radius 2 is 1.77 bits per heavy atom. The van der Waals surface area contributed by atoms with Gasteiger partial charge in [0.05, 0.1) is 18.9 Å². The molecule has 2 aromatic heterocycles. The van der Waals surface area contributed by atoms with Crippen molar-refractivity contribution in [2.45, 2.75) is 20.8 Å². The Bertz CT molecular complexity index is 793. The molecular formula is C18H20N2O2. The minimum absolute atomic E-state index is 0.605. The molecule has 0 aliphatic heterocycles. The van der Waals surface area contributed by atoms with Crippen LogP contribution in [0.1, 0.15) is 19.4 Å². The third kappa shape index (κ3) is 2.77. The molecule has 0 aliphatic carbocycles. The van der Waals surface area contributed by atoms with E-state index in [1.165, 1.54) is 5.56 Å². The van der Waals surface area contributed by atoms with Gasteiger partial charge in [-0.25, -0.2) is 4.98 Å². The van der Waals surface area contributed by atoms with E-state index in [0.717, 1.165) is 28.4 Å². The van der Waals surface area contributed by atoms with E-state index in [9.17, 15) is 0 Å². The van der Waals surface area contributed by atoms with Crippen molar-refractivity contribution in [2.24, 2.45) is 0 Å². The molecule has 0 aliphatic rings. The van der Waals surface area contributed by atoms with E-state index >= 15 is 0 Å². The molecule has 114 valence electrons.